The van der Waals surface area contributed by atoms with Crippen molar-refractivity contribution in [3.63, 3.8) is 0 Å². The van der Waals surface area contributed by atoms with E-state index in [4.69, 9.17) is 9.47 Å². The number of esters is 1. The number of rotatable bonds is 2. The monoisotopic (exact) mass is 299 g/mol. The van der Waals surface area contributed by atoms with Gasteiger partial charge in [0.05, 0.1) is 29.7 Å². The molecule has 3 aliphatic rings. The topological polar surface area (TPSA) is 72.9 Å². The van der Waals surface area contributed by atoms with Crippen LogP contribution >= 0.6 is 0 Å². The molecule has 112 valence electrons. The third-order valence-corrected chi connectivity index (χ3v) is 4.25. The first-order valence-electron chi connectivity index (χ1n) is 7.06. The van der Waals surface area contributed by atoms with E-state index in [1.54, 1.807) is 18.2 Å². The van der Waals surface area contributed by atoms with Crippen LogP contribution in [0.5, 0.6) is 5.75 Å². The molecule has 0 radical (unpaired) electrons. The molecule has 2 fully saturated rings. The molecule has 4 rings (SSSR count). The Balaban J connectivity index is 1.68. The molecule has 0 unspecified atom stereocenters. The molecule has 6 nitrogen and oxygen atoms in total. The van der Waals surface area contributed by atoms with Crippen molar-refractivity contribution in [3.8, 4) is 5.75 Å². The summed E-state index contributed by atoms with van der Waals surface area (Å²) >= 11 is 0. The SMILES string of the molecule is CC(=O)Oc1cccc(N2C(=O)[C@@H]3[C@@H](C2=O)[C@H]2C=C[C@H]3O2)c1. The lowest BCUT2D eigenvalue weighted by Crippen LogP contribution is -2.34. The van der Waals surface area contributed by atoms with E-state index < -0.39 is 17.8 Å². The highest BCUT2D eigenvalue weighted by atomic mass is 16.5. The van der Waals surface area contributed by atoms with E-state index in [9.17, 15) is 14.4 Å². The summed E-state index contributed by atoms with van der Waals surface area (Å²) in [5.74, 6) is -1.55. The number of imide groups is 1. The van der Waals surface area contributed by atoms with E-state index in [0.29, 0.717) is 11.4 Å². The van der Waals surface area contributed by atoms with Crippen LogP contribution in [0.2, 0.25) is 0 Å². The highest BCUT2D eigenvalue weighted by Crippen LogP contribution is 2.46. The summed E-state index contributed by atoms with van der Waals surface area (Å²) in [6.45, 7) is 1.30. The second-order valence-electron chi connectivity index (χ2n) is 5.60. The minimum Gasteiger partial charge on any atom is -0.427 e. The van der Waals surface area contributed by atoms with E-state index in [-0.39, 0.29) is 24.0 Å². The van der Waals surface area contributed by atoms with Crippen LogP contribution in [0.15, 0.2) is 36.4 Å². The van der Waals surface area contributed by atoms with Gasteiger partial charge in [-0.1, -0.05) is 18.2 Å². The van der Waals surface area contributed by atoms with Gasteiger partial charge in [0, 0.05) is 13.0 Å². The van der Waals surface area contributed by atoms with Crippen molar-refractivity contribution in [1.82, 2.24) is 0 Å². The van der Waals surface area contributed by atoms with Crippen LogP contribution in [0.3, 0.4) is 0 Å². The Morgan fingerprint density at radius 1 is 1.14 bits per heavy atom. The number of amides is 2. The van der Waals surface area contributed by atoms with Gasteiger partial charge in [-0.25, -0.2) is 4.90 Å². The van der Waals surface area contributed by atoms with Crippen LogP contribution in [0.4, 0.5) is 5.69 Å². The average Bonchev–Trinajstić information content (AvgIpc) is 3.12. The summed E-state index contributed by atoms with van der Waals surface area (Å²) in [6.07, 6.45) is 3.06. The number of carbonyl (C=O) groups excluding carboxylic acids is 3. The molecule has 0 saturated carbocycles. The molecule has 2 saturated heterocycles. The van der Waals surface area contributed by atoms with Crippen molar-refractivity contribution in [2.45, 2.75) is 19.1 Å². The van der Waals surface area contributed by atoms with Gasteiger partial charge in [0.1, 0.15) is 5.75 Å². The van der Waals surface area contributed by atoms with E-state index in [0.717, 1.165) is 0 Å². The third-order valence-electron chi connectivity index (χ3n) is 4.25. The van der Waals surface area contributed by atoms with Crippen molar-refractivity contribution in [2.24, 2.45) is 11.8 Å². The second kappa shape index (κ2) is 4.51. The number of nitrogens with zero attached hydrogens (tertiary/aromatic N) is 1. The van der Waals surface area contributed by atoms with Gasteiger partial charge < -0.3 is 9.47 Å². The van der Waals surface area contributed by atoms with Crippen molar-refractivity contribution in [3.05, 3.63) is 36.4 Å². The molecule has 1 aromatic carbocycles. The van der Waals surface area contributed by atoms with E-state index >= 15 is 0 Å². The lowest BCUT2D eigenvalue weighted by atomic mass is 9.85. The molecule has 0 N–H and O–H groups in total. The van der Waals surface area contributed by atoms with Gasteiger partial charge in [-0.05, 0) is 12.1 Å². The highest BCUT2D eigenvalue weighted by Gasteiger charge is 2.61. The summed E-state index contributed by atoms with van der Waals surface area (Å²) < 4.78 is 10.6. The molecule has 4 atom stereocenters. The number of carbonyl (C=O) groups is 3. The normalized spacial score (nSPS) is 31.8. The van der Waals surface area contributed by atoms with Crippen LogP contribution < -0.4 is 9.64 Å². The van der Waals surface area contributed by atoms with Crippen LogP contribution in [0.1, 0.15) is 6.92 Å². The predicted molar refractivity (Wildman–Crippen MR) is 75.0 cm³/mol. The molecule has 0 spiro atoms. The molecule has 2 amide bonds. The Morgan fingerprint density at radius 2 is 1.77 bits per heavy atom. The Labute approximate surface area is 126 Å². The van der Waals surface area contributed by atoms with E-state index in [1.807, 2.05) is 12.2 Å². The number of hydrogen-bond acceptors (Lipinski definition) is 5. The smallest absolute Gasteiger partial charge is 0.308 e. The van der Waals surface area contributed by atoms with Crippen molar-refractivity contribution in [1.29, 1.82) is 0 Å². The minimum atomic E-state index is -0.455. The van der Waals surface area contributed by atoms with Crippen LogP contribution in [-0.4, -0.2) is 30.0 Å². The van der Waals surface area contributed by atoms with Gasteiger partial charge in [0.2, 0.25) is 11.8 Å². The number of hydrogen-bond donors (Lipinski definition) is 0. The first kappa shape index (κ1) is 13.2. The molecule has 3 aliphatic heterocycles. The number of fused-ring (bicyclic) bond motifs is 5. The molecular weight excluding hydrogens is 286 g/mol. The van der Waals surface area contributed by atoms with Crippen LogP contribution in [0, 0.1) is 11.8 Å². The Bertz CT molecular complexity index is 695. The minimum absolute atomic E-state index is 0.258. The Kier molecular flexibility index (Phi) is 2.71. The van der Waals surface area contributed by atoms with Crippen LogP contribution in [0.25, 0.3) is 0 Å². The first-order valence-corrected chi connectivity index (χ1v) is 7.06. The zero-order valence-electron chi connectivity index (χ0n) is 11.8. The third kappa shape index (κ3) is 1.74. The van der Waals surface area contributed by atoms with Crippen LogP contribution in [-0.2, 0) is 19.1 Å². The zero-order valence-corrected chi connectivity index (χ0v) is 11.8. The van der Waals surface area contributed by atoms with E-state index in [2.05, 4.69) is 0 Å². The standard InChI is InChI=1S/C16H13NO5/c1-8(18)21-10-4-2-3-9(7-10)17-15(19)13-11-5-6-12(22-11)14(13)16(17)20/h2-7,11-14H,1H3/t11-,12-,13+,14+/m1/s1. The first-order chi connectivity index (χ1) is 10.6. The fourth-order valence-electron chi connectivity index (χ4n) is 3.41. The molecule has 22 heavy (non-hydrogen) atoms. The van der Waals surface area contributed by atoms with Crippen molar-refractivity contribution >= 4 is 23.5 Å². The Morgan fingerprint density at radius 3 is 2.36 bits per heavy atom. The number of benzene rings is 1. The quantitative estimate of drug-likeness (QED) is 0.353. The van der Waals surface area contributed by atoms with Gasteiger partial charge in [0.15, 0.2) is 0 Å². The summed E-state index contributed by atoms with van der Waals surface area (Å²) in [5.41, 5.74) is 0.419. The largest absolute Gasteiger partial charge is 0.427 e. The number of ether oxygens (including phenoxy) is 2. The molecule has 6 heteroatoms. The van der Waals surface area contributed by atoms with Gasteiger partial charge >= 0.3 is 5.97 Å². The molecule has 2 bridgehead atoms. The summed E-state index contributed by atoms with van der Waals surface area (Å²) in [4.78, 5) is 37.4. The van der Waals surface area contributed by atoms with Gasteiger partial charge in [-0.3, -0.25) is 14.4 Å². The summed E-state index contributed by atoms with van der Waals surface area (Å²) in [5, 5.41) is 0. The highest BCUT2D eigenvalue weighted by molar-refractivity contribution is 6.23. The fraction of sp³-hybridized carbons (Fsp3) is 0.312. The molecule has 0 aromatic heterocycles. The molecule has 1 aromatic rings. The average molecular weight is 299 g/mol. The summed E-state index contributed by atoms with van der Waals surface area (Å²) in [6, 6.07) is 6.42. The predicted octanol–water partition coefficient (Wildman–Crippen LogP) is 1.05. The van der Waals surface area contributed by atoms with Gasteiger partial charge in [0.25, 0.3) is 0 Å². The number of anilines is 1. The van der Waals surface area contributed by atoms with Crippen molar-refractivity contribution < 1.29 is 23.9 Å². The maximum Gasteiger partial charge on any atom is 0.308 e. The molecule has 3 heterocycles. The summed E-state index contributed by atoms with van der Waals surface area (Å²) in [7, 11) is 0. The van der Waals surface area contributed by atoms with Gasteiger partial charge in [-0.15, -0.1) is 0 Å². The lowest BCUT2D eigenvalue weighted by Gasteiger charge is -2.18. The zero-order chi connectivity index (χ0) is 15.4. The molecular formula is C16H13NO5. The van der Waals surface area contributed by atoms with Crippen molar-refractivity contribution in [2.75, 3.05) is 4.90 Å². The molecule has 0 aliphatic carbocycles. The van der Waals surface area contributed by atoms with E-state index in [1.165, 1.54) is 17.9 Å². The Hall–Kier alpha value is -2.47. The fourth-order valence-corrected chi connectivity index (χ4v) is 3.41. The van der Waals surface area contributed by atoms with Gasteiger partial charge in [-0.2, -0.15) is 0 Å². The maximum atomic E-state index is 12.6. The maximum absolute atomic E-state index is 12.6. The lowest BCUT2D eigenvalue weighted by molar-refractivity contribution is -0.132. The second-order valence-corrected chi connectivity index (χ2v) is 5.60.